The van der Waals surface area contributed by atoms with Gasteiger partial charge in [-0.25, -0.2) is 4.98 Å². The minimum atomic E-state index is -1.02. The molecule has 0 fully saturated rings. The van der Waals surface area contributed by atoms with Gasteiger partial charge in [-0.05, 0) is 43.9 Å². The molecule has 1 N–H and O–H groups in total. The maximum Gasteiger partial charge on any atom is 0.312 e. The topological polar surface area (TPSA) is 152 Å². The van der Waals surface area contributed by atoms with E-state index in [0.717, 1.165) is 28.5 Å². The number of thioether (sulfide) groups is 1. The molecular weight excluding hydrogens is 605 g/mol. The van der Waals surface area contributed by atoms with Crippen LogP contribution in [-0.2, 0) is 40.6 Å². The Morgan fingerprint density at radius 2 is 1.87 bits per heavy atom. The predicted molar refractivity (Wildman–Crippen MR) is 168 cm³/mol. The summed E-state index contributed by atoms with van der Waals surface area (Å²) < 4.78 is 32.5. The van der Waals surface area contributed by atoms with Gasteiger partial charge in [-0.3, -0.25) is 19.2 Å². The molecular formula is C31H40FN5O7S. The van der Waals surface area contributed by atoms with Gasteiger partial charge in [0.15, 0.2) is 22.1 Å². The molecule has 0 aliphatic heterocycles. The molecule has 0 spiro atoms. The van der Waals surface area contributed by atoms with E-state index in [0.29, 0.717) is 30.9 Å². The summed E-state index contributed by atoms with van der Waals surface area (Å²) in [6, 6.07) is 3.76. The van der Waals surface area contributed by atoms with Crippen LogP contribution in [0.15, 0.2) is 18.5 Å². The fraction of sp³-hybridized carbons (Fsp3) is 0.516. The van der Waals surface area contributed by atoms with Gasteiger partial charge in [0.1, 0.15) is 12.4 Å². The van der Waals surface area contributed by atoms with Crippen LogP contribution >= 0.6 is 11.8 Å². The number of rotatable bonds is 15. The van der Waals surface area contributed by atoms with Gasteiger partial charge in [-0.1, -0.05) is 31.7 Å². The first-order valence-electron chi connectivity index (χ1n) is 14.5. The predicted octanol–water partition coefficient (Wildman–Crippen LogP) is 4.82. The summed E-state index contributed by atoms with van der Waals surface area (Å²) in [6.07, 6.45) is 0.990. The molecule has 12 nitrogen and oxygen atoms in total. The molecule has 3 rings (SSSR count). The van der Waals surface area contributed by atoms with E-state index < -0.39 is 29.5 Å². The average molecular weight is 646 g/mol. The minimum Gasteiger partial charge on any atom is -0.463 e. The maximum absolute atomic E-state index is 14.3. The van der Waals surface area contributed by atoms with Crippen molar-refractivity contribution in [3.63, 3.8) is 0 Å². The van der Waals surface area contributed by atoms with Crippen molar-refractivity contribution in [2.75, 3.05) is 24.8 Å². The number of anilines is 1. The van der Waals surface area contributed by atoms with E-state index in [-0.39, 0.29) is 47.5 Å². The van der Waals surface area contributed by atoms with Gasteiger partial charge in [-0.2, -0.15) is 14.4 Å². The van der Waals surface area contributed by atoms with Gasteiger partial charge in [0, 0.05) is 50.7 Å². The van der Waals surface area contributed by atoms with Gasteiger partial charge in [0.05, 0.1) is 18.9 Å². The largest absolute Gasteiger partial charge is 0.463 e. The molecule has 0 aliphatic rings. The molecule has 0 radical (unpaired) electrons. The first kappa shape index (κ1) is 35.6. The molecule has 1 unspecified atom stereocenters. The number of fused-ring (bicyclic) bond motifs is 1. The normalized spacial score (nSPS) is 12.2. The Labute approximate surface area is 265 Å². The van der Waals surface area contributed by atoms with Crippen molar-refractivity contribution in [2.45, 2.75) is 85.3 Å². The third kappa shape index (κ3) is 10.3. The van der Waals surface area contributed by atoms with Crippen LogP contribution in [0.2, 0.25) is 0 Å². The summed E-state index contributed by atoms with van der Waals surface area (Å²) in [6.45, 7) is 10.7. The summed E-state index contributed by atoms with van der Waals surface area (Å²) in [7, 11) is 1.50. The Bertz CT molecular complexity index is 1560. The maximum atomic E-state index is 14.3. The minimum absolute atomic E-state index is 0.0196. The first-order chi connectivity index (χ1) is 21.2. The van der Waals surface area contributed by atoms with E-state index in [1.165, 1.54) is 27.3 Å². The van der Waals surface area contributed by atoms with E-state index >= 15 is 0 Å². The van der Waals surface area contributed by atoms with Gasteiger partial charge in [0.25, 0.3) is 0 Å². The molecule has 1 amide bonds. The van der Waals surface area contributed by atoms with E-state index in [1.54, 1.807) is 10.6 Å². The van der Waals surface area contributed by atoms with Crippen molar-refractivity contribution in [1.29, 1.82) is 0 Å². The molecule has 2 heterocycles. The van der Waals surface area contributed by atoms with Crippen molar-refractivity contribution in [3.8, 4) is 5.75 Å². The molecule has 2 aromatic heterocycles. The van der Waals surface area contributed by atoms with Crippen LogP contribution in [0.3, 0.4) is 0 Å². The van der Waals surface area contributed by atoms with Crippen molar-refractivity contribution in [2.24, 2.45) is 0 Å². The highest BCUT2D eigenvalue weighted by atomic mass is 32.2. The van der Waals surface area contributed by atoms with E-state index in [2.05, 4.69) is 20.3 Å². The van der Waals surface area contributed by atoms with Crippen LogP contribution in [0.1, 0.15) is 70.1 Å². The molecule has 0 aliphatic carbocycles. The van der Waals surface area contributed by atoms with E-state index in [4.69, 9.17) is 14.2 Å². The lowest BCUT2D eigenvalue weighted by Crippen LogP contribution is -2.28. The van der Waals surface area contributed by atoms with E-state index in [9.17, 15) is 23.6 Å². The van der Waals surface area contributed by atoms with Crippen LogP contribution in [0.5, 0.6) is 5.75 Å². The highest BCUT2D eigenvalue weighted by molar-refractivity contribution is 8.13. The number of aromatic nitrogens is 4. The second-order valence-corrected chi connectivity index (χ2v) is 12.7. The second kappa shape index (κ2) is 15.9. The third-order valence-electron chi connectivity index (χ3n) is 6.96. The number of nitrogens with one attached hydrogen (secondary N) is 1. The summed E-state index contributed by atoms with van der Waals surface area (Å²) in [5, 5.41) is 2.55. The van der Waals surface area contributed by atoms with Crippen LogP contribution < -0.4 is 10.1 Å². The van der Waals surface area contributed by atoms with Crippen LogP contribution in [-0.4, -0.2) is 68.1 Å². The number of benzene rings is 1. The fourth-order valence-electron chi connectivity index (χ4n) is 5.08. The summed E-state index contributed by atoms with van der Waals surface area (Å²) in [5.74, 6) is -0.383. The zero-order valence-electron chi connectivity index (χ0n) is 26.7. The average Bonchev–Trinajstić information content (AvgIpc) is 3.32. The number of nitrogens with zero attached hydrogens (tertiary/aromatic N) is 4. The monoisotopic (exact) mass is 645 g/mol. The third-order valence-corrected chi connectivity index (χ3v) is 7.86. The Kier molecular flexibility index (Phi) is 12.6. The highest BCUT2D eigenvalue weighted by Crippen LogP contribution is 2.38. The Morgan fingerprint density at radius 3 is 2.53 bits per heavy atom. The number of ether oxygens (including phenoxy) is 3. The number of esters is 2. The van der Waals surface area contributed by atoms with Gasteiger partial charge < -0.3 is 24.1 Å². The number of methoxy groups -OCH3 is 1. The fourth-order valence-corrected chi connectivity index (χ4v) is 5.66. The molecule has 244 valence electrons. The van der Waals surface area contributed by atoms with Crippen LogP contribution in [0, 0.1) is 19.9 Å². The standard InChI is InChI=1S/C31H40FN5O7S/c1-18-13-19(2)26(23(14-18)44-20(3)38)31(5,6)15-25(41)43-16-22(42-7)10-11-37-17-33-27-28(35-30(32)36-29(27)37)34-24(40)9-8-12-45-21(4)39/h13-14,17,22H,8-12,15-16H2,1-7H3,(H,34,35,36,40). The highest BCUT2D eigenvalue weighted by Gasteiger charge is 2.31. The quantitative estimate of drug-likeness (QED) is 0.105. The summed E-state index contributed by atoms with van der Waals surface area (Å²) in [4.78, 5) is 59.9. The molecule has 0 bridgehead atoms. The molecule has 45 heavy (non-hydrogen) atoms. The number of carbonyl (C=O) groups is 4. The lowest BCUT2D eigenvalue weighted by molar-refractivity contribution is -0.148. The lowest BCUT2D eigenvalue weighted by atomic mass is 9.78. The van der Waals surface area contributed by atoms with Crippen molar-refractivity contribution in [1.82, 2.24) is 19.5 Å². The molecule has 14 heteroatoms. The van der Waals surface area contributed by atoms with Crippen molar-refractivity contribution >= 4 is 51.7 Å². The zero-order chi connectivity index (χ0) is 33.3. The summed E-state index contributed by atoms with van der Waals surface area (Å²) in [5.41, 5.74) is 2.32. The Balaban J connectivity index is 1.61. The van der Waals surface area contributed by atoms with Crippen LogP contribution in [0.25, 0.3) is 11.2 Å². The van der Waals surface area contributed by atoms with Crippen molar-refractivity contribution in [3.05, 3.63) is 41.2 Å². The Hall–Kier alpha value is -3.91. The number of hydrogen-bond donors (Lipinski definition) is 1. The number of imidazole rings is 1. The van der Waals surface area contributed by atoms with Crippen molar-refractivity contribution < 1.29 is 37.8 Å². The smallest absolute Gasteiger partial charge is 0.312 e. The first-order valence-corrected chi connectivity index (χ1v) is 15.5. The molecule has 3 aromatic rings. The molecule has 1 aromatic carbocycles. The second-order valence-electron chi connectivity index (χ2n) is 11.4. The number of halogens is 1. The number of amides is 1. The van der Waals surface area contributed by atoms with Gasteiger partial charge in [0.2, 0.25) is 5.91 Å². The SMILES string of the molecule is COC(CCn1cnc2c(NC(=O)CCCSC(C)=O)nc(F)nc21)COC(=O)CC(C)(C)c1c(C)cc(C)cc1OC(C)=O. The number of hydrogen-bond acceptors (Lipinski definition) is 11. The number of carbonyl (C=O) groups excluding carboxylic acids is 4. The molecule has 1 atom stereocenters. The summed E-state index contributed by atoms with van der Waals surface area (Å²) >= 11 is 1.13. The Morgan fingerprint density at radius 1 is 1.13 bits per heavy atom. The van der Waals surface area contributed by atoms with Crippen LogP contribution in [0.4, 0.5) is 10.2 Å². The van der Waals surface area contributed by atoms with Gasteiger partial charge in [-0.15, -0.1) is 0 Å². The van der Waals surface area contributed by atoms with Gasteiger partial charge >= 0.3 is 18.0 Å². The number of aryl methyl sites for hydroxylation is 3. The van der Waals surface area contributed by atoms with E-state index in [1.807, 2.05) is 33.8 Å². The molecule has 0 saturated carbocycles. The zero-order valence-corrected chi connectivity index (χ0v) is 27.5. The lowest BCUT2D eigenvalue weighted by Gasteiger charge is -2.29. The molecule has 0 saturated heterocycles.